The number of aryl methyl sites for hydroxylation is 1. The fourth-order valence-electron chi connectivity index (χ4n) is 3.15. The molecule has 0 spiro atoms. The topological polar surface area (TPSA) is 37.3 Å². The Morgan fingerprint density at radius 2 is 1.71 bits per heavy atom. The molecule has 1 heterocycles. The molecule has 0 radical (unpaired) electrons. The first kappa shape index (κ1) is 22.1. The molecular weight excluding hydrogens is 374 g/mol. The van der Waals surface area contributed by atoms with Crippen molar-refractivity contribution < 1.29 is 9.47 Å². The van der Waals surface area contributed by atoms with Crippen LogP contribution in [0.15, 0.2) is 47.6 Å². The van der Waals surface area contributed by atoms with Crippen molar-refractivity contribution in [3.63, 3.8) is 0 Å². The Labute approximate surface area is 174 Å². The highest BCUT2D eigenvalue weighted by Gasteiger charge is 2.15. The quantitative estimate of drug-likeness (QED) is 0.655. The molecule has 0 N–H and O–H groups in total. The van der Waals surface area contributed by atoms with E-state index in [9.17, 15) is 0 Å². The van der Waals surface area contributed by atoms with Crippen LogP contribution in [0.3, 0.4) is 0 Å². The number of halogens is 1. The normalized spacial score (nSPS) is 14.8. The molecule has 1 saturated heterocycles. The number of rotatable bonds is 7. The molecule has 0 aliphatic carbocycles. The SMILES string of the molecule is CCOc1ccc(/C=N/N2CCN(Cc3ccc(C)cc3)CC2)cc1OC.Cl. The fourth-order valence-corrected chi connectivity index (χ4v) is 3.15. The molecule has 5 nitrogen and oxygen atoms in total. The standard InChI is InChI=1S/C22H29N3O2.ClH/c1-4-27-21-10-9-20(15-22(21)26-3)16-23-25-13-11-24(12-14-25)17-19-7-5-18(2)6-8-19;/h5-10,15-16H,4,11-14,17H2,1-3H3;1H/b23-16+;. The van der Waals surface area contributed by atoms with Gasteiger partial charge in [-0.15, -0.1) is 12.4 Å². The third-order valence-corrected chi connectivity index (χ3v) is 4.73. The van der Waals surface area contributed by atoms with E-state index >= 15 is 0 Å². The zero-order valence-electron chi connectivity index (χ0n) is 16.9. The van der Waals surface area contributed by atoms with Crippen molar-refractivity contribution in [3.8, 4) is 11.5 Å². The smallest absolute Gasteiger partial charge is 0.161 e. The summed E-state index contributed by atoms with van der Waals surface area (Å²) in [5.74, 6) is 1.51. The minimum absolute atomic E-state index is 0. The molecule has 0 saturated carbocycles. The molecule has 28 heavy (non-hydrogen) atoms. The maximum absolute atomic E-state index is 5.56. The van der Waals surface area contributed by atoms with Crippen LogP contribution < -0.4 is 9.47 Å². The van der Waals surface area contributed by atoms with Crippen molar-refractivity contribution in [2.45, 2.75) is 20.4 Å². The van der Waals surface area contributed by atoms with E-state index in [-0.39, 0.29) is 12.4 Å². The van der Waals surface area contributed by atoms with Gasteiger partial charge in [-0.25, -0.2) is 0 Å². The zero-order valence-corrected chi connectivity index (χ0v) is 17.7. The summed E-state index contributed by atoms with van der Waals surface area (Å²) in [5.41, 5.74) is 3.69. The average Bonchev–Trinajstić information content (AvgIpc) is 2.70. The van der Waals surface area contributed by atoms with Gasteiger partial charge in [-0.05, 0) is 43.2 Å². The van der Waals surface area contributed by atoms with E-state index in [1.807, 2.05) is 31.3 Å². The third kappa shape index (κ3) is 6.14. The van der Waals surface area contributed by atoms with Crippen LogP contribution in [-0.4, -0.2) is 56.0 Å². The van der Waals surface area contributed by atoms with Crippen molar-refractivity contribution in [1.82, 2.24) is 9.91 Å². The Kier molecular flexibility index (Phi) is 8.61. The zero-order chi connectivity index (χ0) is 19.1. The van der Waals surface area contributed by atoms with Gasteiger partial charge in [0.1, 0.15) is 0 Å². The summed E-state index contributed by atoms with van der Waals surface area (Å²) >= 11 is 0. The molecular formula is C22H30ClN3O2. The van der Waals surface area contributed by atoms with Gasteiger partial charge in [0.25, 0.3) is 0 Å². The first-order valence-corrected chi connectivity index (χ1v) is 9.55. The summed E-state index contributed by atoms with van der Waals surface area (Å²) in [7, 11) is 1.66. The van der Waals surface area contributed by atoms with Crippen LogP contribution in [0.2, 0.25) is 0 Å². The number of ether oxygens (including phenoxy) is 2. The Morgan fingerprint density at radius 3 is 2.36 bits per heavy atom. The van der Waals surface area contributed by atoms with Gasteiger partial charge in [-0.3, -0.25) is 9.91 Å². The van der Waals surface area contributed by atoms with Gasteiger partial charge in [0, 0.05) is 32.7 Å². The molecule has 0 atom stereocenters. The second-order valence-corrected chi connectivity index (χ2v) is 6.80. The van der Waals surface area contributed by atoms with E-state index in [0.29, 0.717) is 6.61 Å². The molecule has 6 heteroatoms. The summed E-state index contributed by atoms with van der Waals surface area (Å²) in [5, 5.41) is 6.78. The van der Waals surface area contributed by atoms with Gasteiger partial charge in [-0.2, -0.15) is 5.10 Å². The lowest BCUT2D eigenvalue weighted by Gasteiger charge is -2.33. The molecule has 2 aromatic rings. The Hall–Kier alpha value is -2.24. The first-order valence-electron chi connectivity index (χ1n) is 9.55. The van der Waals surface area contributed by atoms with Crippen LogP contribution in [0.5, 0.6) is 11.5 Å². The van der Waals surface area contributed by atoms with Gasteiger partial charge >= 0.3 is 0 Å². The number of benzene rings is 2. The summed E-state index contributed by atoms with van der Waals surface area (Å²) in [4.78, 5) is 2.48. The highest BCUT2D eigenvalue weighted by molar-refractivity contribution is 5.85. The minimum atomic E-state index is 0. The largest absolute Gasteiger partial charge is 0.493 e. The van der Waals surface area contributed by atoms with E-state index in [0.717, 1.165) is 49.8 Å². The molecule has 3 rings (SSSR count). The summed E-state index contributed by atoms with van der Waals surface area (Å²) in [6, 6.07) is 14.7. The molecule has 0 bridgehead atoms. The van der Waals surface area contributed by atoms with Crippen molar-refractivity contribution in [1.29, 1.82) is 0 Å². The van der Waals surface area contributed by atoms with Crippen LogP contribution in [0.1, 0.15) is 23.6 Å². The number of hydrogen-bond donors (Lipinski definition) is 0. The van der Waals surface area contributed by atoms with Crippen LogP contribution in [0, 0.1) is 6.92 Å². The summed E-state index contributed by atoms with van der Waals surface area (Å²) in [6.45, 7) is 9.65. The predicted molar refractivity (Wildman–Crippen MR) is 117 cm³/mol. The number of hydrazone groups is 1. The lowest BCUT2D eigenvalue weighted by atomic mass is 10.1. The van der Waals surface area contributed by atoms with E-state index in [2.05, 4.69) is 46.2 Å². The van der Waals surface area contributed by atoms with Gasteiger partial charge in [0.05, 0.1) is 19.9 Å². The van der Waals surface area contributed by atoms with E-state index in [4.69, 9.17) is 9.47 Å². The molecule has 0 aromatic heterocycles. The monoisotopic (exact) mass is 403 g/mol. The van der Waals surface area contributed by atoms with Gasteiger partial charge in [0.2, 0.25) is 0 Å². The molecule has 1 aliphatic heterocycles. The number of hydrogen-bond acceptors (Lipinski definition) is 5. The molecule has 1 aliphatic rings. The highest BCUT2D eigenvalue weighted by Crippen LogP contribution is 2.27. The molecule has 0 unspecified atom stereocenters. The van der Waals surface area contributed by atoms with Crippen molar-refractivity contribution >= 4 is 18.6 Å². The van der Waals surface area contributed by atoms with E-state index in [1.165, 1.54) is 11.1 Å². The first-order chi connectivity index (χ1) is 13.2. The summed E-state index contributed by atoms with van der Waals surface area (Å²) in [6.07, 6.45) is 1.90. The average molecular weight is 404 g/mol. The number of methoxy groups -OCH3 is 1. The van der Waals surface area contributed by atoms with Crippen LogP contribution >= 0.6 is 12.4 Å². The van der Waals surface area contributed by atoms with Crippen molar-refractivity contribution in [2.75, 3.05) is 39.9 Å². The molecule has 2 aromatic carbocycles. The fraction of sp³-hybridized carbons (Fsp3) is 0.409. The van der Waals surface area contributed by atoms with Crippen LogP contribution in [0.25, 0.3) is 0 Å². The molecule has 152 valence electrons. The maximum atomic E-state index is 5.56. The highest BCUT2D eigenvalue weighted by atomic mass is 35.5. The van der Waals surface area contributed by atoms with Crippen LogP contribution in [0.4, 0.5) is 0 Å². The predicted octanol–water partition coefficient (Wildman–Crippen LogP) is 3.98. The Bertz CT molecular complexity index is 757. The second-order valence-electron chi connectivity index (χ2n) is 6.80. The van der Waals surface area contributed by atoms with E-state index in [1.54, 1.807) is 7.11 Å². The summed E-state index contributed by atoms with van der Waals surface area (Å²) < 4.78 is 11.0. The molecule has 0 amide bonds. The van der Waals surface area contributed by atoms with Gasteiger partial charge in [-0.1, -0.05) is 29.8 Å². The maximum Gasteiger partial charge on any atom is 0.161 e. The third-order valence-electron chi connectivity index (χ3n) is 4.73. The number of piperazine rings is 1. The lowest BCUT2D eigenvalue weighted by molar-refractivity contribution is 0.131. The van der Waals surface area contributed by atoms with E-state index < -0.39 is 0 Å². The number of nitrogens with zero attached hydrogens (tertiary/aromatic N) is 3. The lowest BCUT2D eigenvalue weighted by Crippen LogP contribution is -2.43. The Balaban J connectivity index is 0.00000280. The van der Waals surface area contributed by atoms with Crippen molar-refractivity contribution in [3.05, 3.63) is 59.2 Å². The molecule has 1 fully saturated rings. The minimum Gasteiger partial charge on any atom is -0.493 e. The van der Waals surface area contributed by atoms with Crippen molar-refractivity contribution in [2.24, 2.45) is 5.10 Å². The Morgan fingerprint density at radius 1 is 1.00 bits per heavy atom. The van der Waals surface area contributed by atoms with Gasteiger partial charge < -0.3 is 9.47 Å². The van der Waals surface area contributed by atoms with Gasteiger partial charge in [0.15, 0.2) is 11.5 Å². The van der Waals surface area contributed by atoms with Crippen LogP contribution in [-0.2, 0) is 6.54 Å². The second kappa shape index (κ2) is 10.9.